The number of rotatable bonds is 4. The summed E-state index contributed by atoms with van der Waals surface area (Å²) in [5.74, 6) is 0.726. The lowest BCUT2D eigenvalue weighted by atomic mass is 10.1. The normalized spacial score (nSPS) is 11.2. The monoisotopic (exact) mass is 382 g/mol. The van der Waals surface area contributed by atoms with Crippen LogP contribution < -0.4 is 5.69 Å². The third-order valence-corrected chi connectivity index (χ3v) is 5.20. The molecule has 0 saturated heterocycles. The summed E-state index contributed by atoms with van der Waals surface area (Å²) < 4.78 is 1.31. The van der Waals surface area contributed by atoms with Crippen molar-refractivity contribution in [1.82, 2.24) is 19.6 Å². The lowest BCUT2D eigenvalue weighted by molar-refractivity contribution is 0.780. The van der Waals surface area contributed by atoms with Crippen molar-refractivity contribution in [2.75, 3.05) is 0 Å². The Labute approximate surface area is 159 Å². The topological polar surface area (TPSA) is 63.1 Å². The van der Waals surface area contributed by atoms with Crippen LogP contribution in [0.4, 0.5) is 0 Å². The molecular weight excluding hydrogens is 368 g/mol. The number of aryl methyl sites for hydroxylation is 1. The predicted octanol–water partition coefficient (Wildman–Crippen LogP) is 4.34. The van der Waals surface area contributed by atoms with Crippen LogP contribution in [0.15, 0.2) is 64.5 Å². The lowest BCUT2D eigenvalue weighted by Gasteiger charge is -2.04. The quantitative estimate of drug-likeness (QED) is 0.533. The van der Waals surface area contributed by atoms with Crippen molar-refractivity contribution < 1.29 is 0 Å². The number of H-pyrrole nitrogens is 1. The van der Waals surface area contributed by atoms with E-state index in [9.17, 15) is 4.79 Å². The standard InChI is InChI=1S/C19H15ClN4OS/c1-12-16(14-7-9-15(20)10-8-14)17-21-18(22-19(25)24(17)23-12)26-11-13-5-3-2-4-6-13/h2-10H,11H2,1H3,(H,21,22,25). The molecule has 0 fully saturated rings. The molecule has 0 atom stereocenters. The van der Waals surface area contributed by atoms with E-state index in [0.717, 1.165) is 22.6 Å². The van der Waals surface area contributed by atoms with Crippen molar-refractivity contribution in [2.45, 2.75) is 17.8 Å². The number of nitrogens with one attached hydrogen (secondary N) is 1. The Bertz CT molecular complexity index is 1120. The number of nitrogens with zero attached hydrogens (tertiary/aromatic N) is 3. The average molecular weight is 383 g/mol. The maximum Gasteiger partial charge on any atom is 0.350 e. The molecule has 7 heteroatoms. The molecule has 130 valence electrons. The Morgan fingerprint density at radius 3 is 2.58 bits per heavy atom. The molecule has 0 radical (unpaired) electrons. The van der Waals surface area contributed by atoms with E-state index in [1.807, 2.05) is 61.5 Å². The number of hydrogen-bond donors (Lipinski definition) is 1. The van der Waals surface area contributed by atoms with Gasteiger partial charge < -0.3 is 0 Å². The largest absolute Gasteiger partial charge is 0.350 e. The van der Waals surface area contributed by atoms with Crippen LogP contribution in [0, 0.1) is 6.92 Å². The minimum Gasteiger partial charge on any atom is -0.285 e. The number of benzene rings is 2. The van der Waals surface area contributed by atoms with Crippen molar-refractivity contribution in [3.05, 3.63) is 81.4 Å². The second kappa shape index (κ2) is 6.97. The predicted molar refractivity (Wildman–Crippen MR) is 105 cm³/mol. The van der Waals surface area contributed by atoms with Gasteiger partial charge in [0.2, 0.25) is 0 Å². The molecule has 2 heterocycles. The van der Waals surface area contributed by atoms with E-state index in [0.29, 0.717) is 15.8 Å². The first-order valence-corrected chi connectivity index (χ1v) is 9.40. The van der Waals surface area contributed by atoms with Crippen molar-refractivity contribution >= 4 is 29.0 Å². The van der Waals surface area contributed by atoms with E-state index >= 15 is 0 Å². The number of halogens is 1. The molecule has 4 aromatic rings. The molecule has 0 saturated carbocycles. The van der Waals surface area contributed by atoms with Crippen LogP contribution >= 0.6 is 23.4 Å². The molecule has 2 aromatic heterocycles. The Kier molecular flexibility index (Phi) is 4.53. The van der Waals surface area contributed by atoms with Gasteiger partial charge in [0.25, 0.3) is 0 Å². The number of aromatic nitrogens is 4. The van der Waals surface area contributed by atoms with Gasteiger partial charge >= 0.3 is 5.69 Å². The maximum atomic E-state index is 12.4. The second-order valence-electron chi connectivity index (χ2n) is 5.82. The smallest absolute Gasteiger partial charge is 0.285 e. The van der Waals surface area contributed by atoms with Crippen LogP contribution in [0.1, 0.15) is 11.3 Å². The minimum atomic E-state index is -0.297. The van der Waals surface area contributed by atoms with Crippen LogP contribution in [-0.2, 0) is 5.75 Å². The SMILES string of the molecule is Cc1nn2c(=O)[nH]c(SCc3ccccc3)nc2c1-c1ccc(Cl)cc1. The van der Waals surface area contributed by atoms with E-state index in [-0.39, 0.29) is 5.69 Å². The first-order valence-electron chi connectivity index (χ1n) is 8.04. The third-order valence-electron chi connectivity index (χ3n) is 4.00. The van der Waals surface area contributed by atoms with E-state index in [4.69, 9.17) is 11.6 Å². The minimum absolute atomic E-state index is 0.297. The zero-order chi connectivity index (χ0) is 18.1. The highest BCUT2D eigenvalue weighted by Gasteiger charge is 2.16. The molecule has 26 heavy (non-hydrogen) atoms. The van der Waals surface area contributed by atoms with E-state index < -0.39 is 0 Å². The van der Waals surface area contributed by atoms with Crippen LogP contribution in [0.5, 0.6) is 0 Å². The van der Waals surface area contributed by atoms with Gasteiger partial charge in [-0.25, -0.2) is 9.78 Å². The van der Waals surface area contributed by atoms with Gasteiger partial charge in [-0.15, -0.1) is 0 Å². The Hall–Kier alpha value is -2.57. The fraction of sp³-hybridized carbons (Fsp3) is 0.105. The molecule has 0 aliphatic heterocycles. The average Bonchev–Trinajstić information content (AvgIpc) is 2.98. The molecule has 1 N–H and O–H groups in total. The van der Waals surface area contributed by atoms with Gasteiger partial charge in [-0.2, -0.15) is 9.61 Å². The van der Waals surface area contributed by atoms with Crippen molar-refractivity contribution in [1.29, 1.82) is 0 Å². The molecule has 0 aliphatic rings. The molecule has 2 aromatic carbocycles. The number of hydrogen-bond acceptors (Lipinski definition) is 4. The van der Waals surface area contributed by atoms with Gasteiger partial charge in [-0.3, -0.25) is 4.98 Å². The highest BCUT2D eigenvalue weighted by atomic mass is 35.5. The molecular formula is C19H15ClN4OS. The Balaban J connectivity index is 1.76. The van der Waals surface area contributed by atoms with Gasteiger partial charge in [-0.1, -0.05) is 65.8 Å². The zero-order valence-electron chi connectivity index (χ0n) is 13.9. The van der Waals surface area contributed by atoms with Gasteiger partial charge in [0.05, 0.1) is 5.69 Å². The number of aromatic amines is 1. The molecule has 0 unspecified atom stereocenters. The van der Waals surface area contributed by atoms with E-state index in [2.05, 4.69) is 15.1 Å². The Morgan fingerprint density at radius 2 is 1.85 bits per heavy atom. The summed E-state index contributed by atoms with van der Waals surface area (Å²) in [6.07, 6.45) is 0. The summed E-state index contributed by atoms with van der Waals surface area (Å²) in [6, 6.07) is 17.5. The van der Waals surface area contributed by atoms with Gasteiger partial charge in [0.1, 0.15) is 0 Å². The van der Waals surface area contributed by atoms with Crippen LogP contribution in [0.25, 0.3) is 16.8 Å². The number of thioether (sulfide) groups is 1. The summed E-state index contributed by atoms with van der Waals surface area (Å²) in [5, 5.41) is 5.57. The summed E-state index contributed by atoms with van der Waals surface area (Å²) in [7, 11) is 0. The Morgan fingerprint density at radius 1 is 1.12 bits per heavy atom. The zero-order valence-corrected chi connectivity index (χ0v) is 15.5. The first kappa shape index (κ1) is 16.9. The molecule has 0 bridgehead atoms. The molecule has 4 rings (SSSR count). The molecule has 0 amide bonds. The molecule has 0 spiro atoms. The van der Waals surface area contributed by atoms with E-state index in [1.54, 1.807) is 0 Å². The van der Waals surface area contributed by atoms with Crippen molar-refractivity contribution in [2.24, 2.45) is 0 Å². The maximum absolute atomic E-state index is 12.4. The first-order chi connectivity index (χ1) is 12.6. The highest BCUT2D eigenvalue weighted by molar-refractivity contribution is 7.98. The van der Waals surface area contributed by atoms with Crippen LogP contribution in [0.2, 0.25) is 5.02 Å². The summed E-state index contributed by atoms with van der Waals surface area (Å²) >= 11 is 7.48. The lowest BCUT2D eigenvalue weighted by Crippen LogP contribution is -2.19. The van der Waals surface area contributed by atoms with Crippen molar-refractivity contribution in [3.63, 3.8) is 0 Å². The van der Waals surface area contributed by atoms with Gasteiger partial charge in [0, 0.05) is 16.3 Å². The second-order valence-corrected chi connectivity index (χ2v) is 7.22. The number of fused-ring (bicyclic) bond motifs is 1. The fourth-order valence-electron chi connectivity index (χ4n) is 2.78. The summed E-state index contributed by atoms with van der Waals surface area (Å²) in [4.78, 5) is 19.9. The molecule has 0 aliphatic carbocycles. The van der Waals surface area contributed by atoms with Gasteiger partial charge in [-0.05, 0) is 30.2 Å². The summed E-state index contributed by atoms with van der Waals surface area (Å²) in [5.41, 5.74) is 3.93. The van der Waals surface area contributed by atoms with Crippen molar-refractivity contribution in [3.8, 4) is 11.1 Å². The highest BCUT2D eigenvalue weighted by Crippen LogP contribution is 2.28. The third kappa shape index (κ3) is 3.25. The molecule has 5 nitrogen and oxygen atoms in total. The van der Waals surface area contributed by atoms with Crippen LogP contribution in [-0.4, -0.2) is 19.6 Å². The fourth-order valence-corrected chi connectivity index (χ4v) is 3.71. The van der Waals surface area contributed by atoms with E-state index in [1.165, 1.54) is 21.8 Å². The van der Waals surface area contributed by atoms with Gasteiger partial charge in [0.15, 0.2) is 10.8 Å². The summed E-state index contributed by atoms with van der Waals surface area (Å²) in [6.45, 7) is 1.87. The van der Waals surface area contributed by atoms with Crippen LogP contribution in [0.3, 0.4) is 0 Å².